The summed E-state index contributed by atoms with van der Waals surface area (Å²) in [6.45, 7) is -0.677. The van der Waals surface area contributed by atoms with Crippen molar-refractivity contribution < 1.29 is 14.3 Å². The number of ketones is 1. The number of carbonyl (C=O) groups is 2. The molecule has 0 saturated heterocycles. The van der Waals surface area contributed by atoms with E-state index >= 15 is 0 Å². The summed E-state index contributed by atoms with van der Waals surface area (Å²) in [5.41, 5.74) is 4.20. The number of rotatable bonds is 6. The van der Waals surface area contributed by atoms with Gasteiger partial charge in [0.1, 0.15) is 11.4 Å². The maximum atomic E-state index is 12.7. The van der Waals surface area contributed by atoms with Gasteiger partial charge in [-0.05, 0) is 29.0 Å². The summed E-state index contributed by atoms with van der Waals surface area (Å²) in [6.07, 6.45) is 1.68. The normalized spacial score (nSPS) is 11.4. The molecule has 150 valence electrons. The van der Waals surface area contributed by atoms with Crippen LogP contribution in [0.25, 0.3) is 11.6 Å². The fraction of sp³-hybridized carbons (Fsp3) is 0.158. The van der Waals surface area contributed by atoms with Crippen LogP contribution in [0.4, 0.5) is 5.82 Å². The van der Waals surface area contributed by atoms with Crippen LogP contribution in [-0.4, -0.2) is 27.5 Å². The smallest absolute Gasteiger partial charge is 0.340 e. The number of nitrogens with two attached hydrogens (primary N) is 1. The van der Waals surface area contributed by atoms with Crippen LogP contribution in [0.15, 0.2) is 44.6 Å². The van der Waals surface area contributed by atoms with Crippen LogP contribution in [0.5, 0.6) is 0 Å². The molecule has 0 saturated carbocycles. The Morgan fingerprint density at radius 1 is 1.10 bits per heavy atom. The van der Waals surface area contributed by atoms with Crippen molar-refractivity contribution in [1.29, 1.82) is 0 Å². The van der Waals surface area contributed by atoms with Gasteiger partial charge in [0.2, 0.25) is 5.78 Å². The average Bonchev–Trinajstić information content (AvgIpc) is 3.41. The Hall–Kier alpha value is -3.24. The van der Waals surface area contributed by atoms with Gasteiger partial charge in [-0.3, -0.25) is 18.7 Å². The van der Waals surface area contributed by atoms with E-state index in [1.807, 2.05) is 22.9 Å². The second kappa shape index (κ2) is 8.41. The zero-order valence-electron chi connectivity index (χ0n) is 15.6. The summed E-state index contributed by atoms with van der Waals surface area (Å²) in [5.74, 6) is -1.75. The van der Waals surface area contributed by atoms with Crippen molar-refractivity contribution in [2.75, 3.05) is 12.3 Å². The number of hydrogen-bond acceptors (Lipinski definition) is 8. The van der Waals surface area contributed by atoms with Gasteiger partial charge >= 0.3 is 11.7 Å². The summed E-state index contributed by atoms with van der Waals surface area (Å²) in [4.78, 5) is 50.9. The van der Waals surface area contributed by atoms with E-state index in [9.17, 15) is 19.2 Å². The van der Waals surface area contributed by atoms with Gasteiger partial charge < -0.3 is 10.5 Å². The Labute approximate surface area is 173 Å². The summed E-state index contributed by atoms with van der Waals surface area (Å²) >= 11 is 2.82. The first-order chi connectivity index (χ1) is 13.8. The monoisotopic (exact) mass is 431 g/mol. The highest BCUT2D eigenvalue weighted by atomic mass is 32.1. The van der Waals surface area contributed by atoms with E-state index < -0.39 is 29.6 Å². The molecule has 0 aromatic carbocycles. The quantitative estimate of drug-likeness (QED) is 0.361. The van der Waals surface area contributed by atoms with Crippen molar-refractivity contribution in [3.05, 3.63) is 71.2 Å². The van der Waals surface area contributed by atoms with Crippen LogP contribution in [0.1, 0.15) is 20.1 Å². The molecule has 0 spiro atoms. The molecule has 8 nitrogen and oxygen atoms in total. The van der Waals surface area contributed by atoms with Crippen molar-refractivity contribution >= 4 is 51.9 Å². The molecule has 0 atom stereocenters. The number of hydrogen-bond donors (Lipinski definition) is 1. The molecule has 0 bridgehead atoms. The predicted molar refractivity (Wildman–Crippen MR) is 113 cm³/mol. The second-order valence-corrected chi connectivity index (χ2v) is 7.94. The highest BCUT2D eigenvalue weighted by Crippen LogP contribution is 2.26. The number of carbonyl (C=O) groups excluding carboxylic acids is 2. The summed E-state index contributed by atoms with van der Waals surface area (Å²) in [5, 5.41) is 3.70. The fourth-order valence-corrected chi connectivity index (χ4v) is 3.97. The van der Waals surface area contributed by atoms with Crippen molar-refractivity contribution in [1.82, 2.24) is 9.13 Å². The standard InChI is InChI=1S/C19H17N3O5S2/c1-21-16(20)15(17(24)22(2)19(21)26)13(23)10-27-18(25)12(14-6-4-8-29-14)9-11-5-3-7-28-11/h3-9H,10,20H2,1-2H3. The average molecular weight is 431 g/mol. The molecule has 0 fully saturated rings. The number of anilines is 1. The van der Waals surface area contributed by atoms with E-state index in [-0.39, 0.29) is 11.4 Å². The van der Waals surface area contributed by atoms with E-state index in [1.54, 1.807) is 18.2 Å². The molecule has 3 aromatic rings. The van der Waals surface area contributed by atoms with Gasteiger partial charge in [0.15, 0.2) is 6.61 Å². The van der Waals surface area contributed by atoms with E-state index in [0.29, 0.717) is 10.5 Å². The minimum Gasteiger partial charge on any atom is -0.454 e. The summed E-state index contributed by atoms with van der Waals surface area (Å²) in [6, 6.07) is 7.28. The molecule has 10 heteroatoms. The van der Waals surface area contributed by atoms with Gasteiger partial charge in [0.25, 0.3) is 5.56 Å². The number of esters is 1. The van der Waals surface area contributed by atoms with E-state index in [2.05, 4.69) is 0 Å². The number of thiophene rings is 2. The van der Waals surface area contributed by atoms with Crippen LogP contribution >= 0.6 is 22.7 Å². The molecule has 29 heavy (non-hydrogen) atoms. The Balaban J connectivity index is 1.85. The molecule has 3 heterocycles. The van der Waals surface area contributed by atoms with E-state index in [0.717, 1.165) is 14.0 Å². The Bertz CT molecular complexity index is 1200. The Morgan fingerprint density at radius 3 is 2.41 bits per heavy atom. The highest BCUT2D eigenvalue weighted by molar-refractivity contribution is 7.12. The lowest BCUT2D eigenvalue weighted by atomic mass is 10.2. The first-order valence-corrected chi connectivity index (χ1v) is 10.1. The molecule has 3 rings (SSSR count). The molecule has 0 radical (unpaired) electrons. The third-order valence-electron chi connectivity index (χ3n) is 4.16. The van der Waals surface area contributed by atoms with Gasteiger partial charge in [0.05, 0.1) is 5.57 Å². The molecule has 0 aliphatic carbocycles. The molecule has 2 N–H and O–H groups in total. The lowest BCUT2D eigenvalue weighted by molar-refractivity contribution is -0.135. The third kappa shape index (κ3) is 4.13. The predicted octanol–water partition coefficient (Wildman–Crippen LogP) is 1.76. The number of aromatic nitrogens is 2. The van der Waals surface area contributed by atoms with Crippen molar-refractivity contribution in [3.8, 4) is 0 Å². The van der Waals surface area contributed by atoms with Gasteiger partial charge in [-0.1, -0.05) is 12.1 Å². The molecular weight excluding hydrogens is 414 g/mol. The van der Waals surface area contributed by atoms with Gasteiger partial charge in [-0.2, -0.15) is 0 Å². The van der Waals surface area contributed by atoms with Crippen LogP contribution in [0, 0.1) is 0 Å². The zero-order chi connectivity index (χ0) is 21.1. The summed E-state index contributed by atoms with van der Waals surface area (Å²) in [7, 11) is 2.59. The van der Waals surface area contributed by atoms with Crippen LogP contribution in [0.3, 0.4) is 0 Å². The first-order valence-electron chi connectivity index (χ1n) is 8.36. The topological polar surface area (TPSA) is 113 Å². The molecule has 3 aromatic heterocycles. The molecule has 0 aliphatic heterocycles. The minimum absolute atomic E-state index is 0.272. The largest absolute Gasteiger partial charge is 0.454 e. The van der Waals surface area contributed by atoms with Crippen molar-refractivity contribution in [2.45, 2.75) is 0 Å². The van der Waals surface area contributed by atoms with Gasteiger partial charge in [-0.25, -0.2) is 9.59 Å². The van der Waals surface area contributed by atoms with E-state index in [1.165, 1.54) is 36.8 Å². The van der Waals surface area contributed by atoms with Crippen molar-refractivity contribution in [2.24, 2.45) is 14.1 Å². The maximum Gasteiger partial charge on any atom is 0.340 e. The van der Waals surface area contributed by atoms with Crippen LogP contribution < -0.4 is 17.0 Å². The maximum absolute atomic E-state index is 12.7. The lowest BCUT2D eigenvalue weighted by Gasteiger charge is -2.11. The summed E-state index contributed by atoms with van der Waals surface area (Å²) < 4.78 is 6.94. The Morgan fingerprint density at radius 2 is 1.79 bits per heavy atom. The Kier molecular flexibility index (Phi) is 5.95. The molecule has 0 aliphatic rings. The zero-order valence-corrected chi connectivity index (χ0v) is 17.2. The van der Waals surface area contributed by atoms with Crippen molar-refractivity contribution in [3.63, 3.8) is 0 Å². The highest BCUT2D eigenvalue weighted by Gasteiger charge is 2.23. The van der Waals surface area contributed by atoms with E-state index in [4.69, 9.17) is 10.5 Å². The number of nitrogens with zero attached hydrogens (tertiary/aromatic N) is 2. The number of nitrogen functional groups attached to an aromatic ring is 1. The van der Waals surface area contributed by atoms with Gasteiger partial charge in [-0.15, -0.1) is 22.7 Å². The van der Waals surface area contributed by atoms with Crippen LogP contribution in [-0.2, 0) is 23.6 Å². The SMILES string of the molecule is Cn1c(N)c(C(=O)COC(=O)C(=Cc2cccs2)c2cccs2)c(=O)n(C)c1=O. The lowest BCUT2D eigenvalue weighted by Crippen LogP contribution is -2.42. The fourth-order valence-electron chi connectivity index (χ4n) is 2.58. The van der Waals surface area contributed by atoms with Crippen LogP contribution in [0.2, 0.25) is 0 Å². The minimum atomic E-state index is -0.834. The number of ether oxygens (including phenoxy) is 1. The number of Topliss-reactive ketones (excluding diaryl/α,β-unsaturated/α-hetero) is 1. The third-order valence-corrected chi connectivity index (χ3v) is 5.88. The molecule has 0 amide bonds. The molecular formula is C19H17N3O5S2. The second-order valence-electron chi connectivity index (χ2n) is 6.02. The van der Waals surface area contributed by atoms with Gasteiger partial charge in [0, 0.05) is 23.8 Å². The molecule has 0 unspecified atom stereocenters. The first kappa shape index (κ1) is 20.5.